The smallest absolute Gasteiger partial charge is 0.127 e. The standard InChI is InChI=1S/C16H21N3O/c20-16(12-19-11-10-17-13-19,14-6-2-1-3-7-14)15-8-4-5-9-18-15/h4-5,8-11,13-14,20H,1-3,6-7,12H2/t16-/m1/s1. The summed E-state index contributed by atoms with van der Waals surface area (Å²) in [6, 6.07) is 5.78. The highest BCUT2D eigenvalue weighted by molar-refractivity contribution is 5.15. The average molecular weight is 271 g/mol. The molecule has 0 spiro atoms. The lowest BCUT2D eigenvalue weighted by atomic mass is 9.75. The Bertz CT molecular complexity index is 520. The van der Waals surface area contributed by atoms with Crippen LogP contribution in [0.25, 0.3) is 0 Å². The van der Waals surface area contributed by atoms with Crippen LogP contribution < -0.4 is 0 Å². The van der Waals surface area contributed by atoms with Crippen LogP contribution in [0.1, 0.15) is 37.8 Å². The van der Waals surface area contributed by atoms with E-state index in [-0.39, 0.29) is 5.92 Å². The summed E-state index contributed by atoms with van der Waals surface area (Å²) in [5.74, 6) is 0.272. The molecule has 0 aromatic carbocycles. The van der Waals surface area contributed by atoms with E-state index >= 15 is 0 Å². The number of imidazole rings is 1. The highest BCUT2D eigenvalue weighted by Crippen LogP contribution is 2.39. The van der Waals surface area contributed by atoms with E-state index < -0.39 is 5.60 Å². The maximum atomic E-state index is 11.4. The quantitative estimate of drug-likeness (QED) is 0.930. The van der Waals surface area contributed by atoms with Crippen molar-refractivity contribution in [3.05, 3.63) is 48.8 Å². The molecule has 20 heavy (non-hydrogen) atoms. The van der Waals surface area contributed by atoms with Crippen LogP contribution in [0.15, 0.2) is 43.1 Å². The lowest BCUT2D eigenvalue weighted by Crippen LogP contribution is -2.41. The first kappa shape index (κ1) is 13.3. The molecular weight excluding hydrogens is 250 g/mol. The largest absolute Gasteiger partial charge is 0.381 e. The number of hydrogen-bond acceptors (Lipinski definition) is 3. The van der Waals surface area contributed by atoms with Crippen LogP contribution in [0.5, 0.6) is 0 Å². The summed E-state index contributed by atoms with van der Waals surface area (Å²) in [4.78, 5) is 8.50. The molecule has 3 rings (SSSR count). The topological polar surface area (TPSA) is 50.9 Å². The van der Waals surface area contributed by atoms with E-state index in [4.69, 9.17) is 0 Å². The molecule has 4 nitrogen and oxygen atoms in total. The van der Waals surface area contributed by atoms with Crippen molar-refractivity contribution >= 4 is 0 Å². The van der Waals surface area contributed by atoms with Gasteiger partial charge in [0.05, 0.1) is 18.6 Å². The van der Waals surface area contributed by atoms with Gasteiger partial charge in [-0.25, -0.2) is 4.98 Å². The minimum atomic E-state index is -0.900. The fourth-order valence-corrected chi connectivity index (χ4v) is 3.28. The third-order valence-corrected chi connectivity index (χ3v) is 4.37. The lowest BCUT2D eigenvalue weighted by molar-refractivity contribution is -0.0567. The lowest BCUT2D eigenvalue weighted by Gasteiger charge is -2.38. The molecule has 1 atom stereocenters. The molecule has 0 amide bonds. The summed E-state index contributed by atoms with van der Waals surface area (Å²) in [7, 11) is 0. The Balaban J connectivity index is 1.93. The molecule has 0 aliphatic heterocycles. The Labute approximate surface area is 119 Å². The van der Waals surface area contributed by atoms with E-state index in [0.29, 0.717) is 6.54 Å². The maximum absolute atomic E-state index is 11.4. The van der Waals surface area contributed by atoms with E-state index in [1.54, 1.807) is 18.7 Å². The molecule has 1 aliphatic rings. The minimum absolute atomic E-state index is 0.272. The Morgan fingerprint density at radius 3 is 2.70 bits per heavy atom. The van der Waals surface area contributed by atoms with Crippen molar-refractivity contribution in [3.8, 4) is 0 Å². The third kappa shape index (κ3) is 2.61. The van der Waals surface area contributed by atoms with Gasteiger partial charge in [-0.15, -0.1) is 0 Å². The zero-order valence-electron chi connectivity index (χ0n) is 11.7. The maximum Gasteiger partial charge on any atom is 0.127 e. The van der Waals surface area contributed by atoms with Gasteiger partial charge >= 0.3 is 0 Å². The monoisotopic (exact) mass is 271 g/mol. The Hall–Kier alpha value is -1.68. The normalized spacial score (nSPS) is 19.6. The van der Waals surface area contributed by atoms with Gasteiger partial charge < -0.3 is 9.67 Å². The highest BCUT2D eigenvalue weighted by Gasteiger charge is 2.40. The Kier molecular flexibility index (Phi) is 3.83. The summed E-state index contributed by atoms with van der Waals surface area (Å²) in [5, 5.41) is 11.4. The summed E-state index contributed by atoms with van der Waals surface area (Å²) in [5.41, 5.74) is -0.122. The molecule has 0 radical (unpaired) electrons. The molecule has 0 saturated heterocycles. The Morgan fingerprint density at radius 2 is 2.05 bits per heavy atom. The van der Waals surface area contributed by atoms with Crippen LogP contribution >= 0.6 is 0 Å². The summed E-state index contributed by atoms with van der Waals surface area (Å²) < 4.78 is 1.95. The molecule has 0 unspecified atom stereocenters. The van der Waals surface area contributed by atoms with Crippen molar-refractivity contribution in [1.29, 1.82) is 0 Å². The second-order valence-electron chi connectivity index (χ2n) is 5.71. The second kappa shape index (κ2) is 5.75. The molecule has 2 aromatic heterocycles. The molecule has 4 heteroatoms. The van der Waals surface area contributed by atoms with Gasteiger partial charge in [0.2, 0.25) is 0 Å². The number of hydrogen-bond donors (Lipinski definition) is 1. The summed E-state index contributed by atoms with van der Waals surface area (Å²) in [6.45, 7) is 0.522. The van der Waals surface area contributed by atoms with Gasteiger partial charge in [-0.05, 0) is 30.9 Å². The number of pyridine rings is 1. The van der Waals surface area contributed by atoms with E-state index in [1.807, 2.05) is 29.0 Å². The van der Waals surface area contributed by atoms with Gasteiger partial charge in [0.15, 0.2) is 0 Å². The zero-order valence-corrected chi connectivity index (χ0v) is 11.7. The first-order chi connectivity index (χ1) is 9.79. The summed E-state index contributed by atoms with van der Waals surface area (Å²) >= 11 is 0. The first-order valence-electron chi connectivity index (χ1n) is 7.39. The molecule has 2 heterocycles. The molecule has 1 saturated carbocycles. The SMILES string of the molecule is O[C@@](Cn1ccnc1)(c1ccccn1)C1CCCCC1. The minimum Gasteiger partial charge on any atom is -0.381 e. The van der Waals surface area contributed by atoms with Crippen LogP contribution in [-0.2, 0) is 12.1 Å². The third-order valence-electron chi connectivity index (χ3n) is 4.37. The van der Waals surface area contributed by atoms with Crippen LogP contribution in [-0.4, -0.2) is 19.6 Å². The fourth-order valence-electron chi connectivity index (χ4n) is 3.28. The molecule has 0 bridgehead atoms. The van der Waals surface area contributed by atoms with Crippen molar-refractivity contribution in [1.82, 2.24) is 14.5 Å². The van der Waals surface area contributed by atoms with Gasteiger partial charge in [-0.1, -0.05) is 25.3 Å². The van der Waals surface area contributed by atoms with E-state index in [9.17, 15) is 5.11 Å². The molecule has 106 valence electrons. The van der Waals surface area contributed by atoms with E-state index in [0.717, 1.165) is 18.5 Å². The number of rotatable bonds is 4. The first-order valence-corrected chi connectivity index (χ1v) is 7.39. The van der Waals surface area contributed by atoms with Crippen molar-refractivity contribution in [2.45, 2.75) is 44.2 Å². The summed E-state index contributed by atoms with van der Waals surface area (Å²) in [6.07, 6.45) is 13.0. The molecular formula is C16H21N3O. The molecule has 2 aromatic rings. The van der Waals surface area contributed by atoms with Crippen LogP contribution in [0, 0.1) is 5.92 Å². The zero-order chi connectivity index (χ0) is 13.8. The van der Waals surface area contributed by atoms with Gasteiger partial charge in [0.25, 0.3) is 0 Å². The van der Waals surface area contributed by atoms with Crippen molar-refractivity contribution in [2.75, 3.05) is 0 Å². The van der Waals surface area contributed by atoms with Crippen LogP contribution in [0.4, 0.5) is 0 Å². The van der Waals surface area contributed by atoms with E-state index in [2.05, 4.69) is 9.97 Å². The van der Waals surface area contributed by atoms with Crippen molar-refractivity contribution in [3.63, 3.8) is 0 Å². The van der Waals surface area contributed by atoms with Gasteiger partial charge in [0, 0.05) is 18.6 Å². The van der Waals surface area contributed by atoms with Gasteiger partial charge in [-0.3, -0.25) is 4.98 Å². The fraction of sp³-hybridized carbons (Fsp3) is 0.500. The van der Waals surface area contributed by atoms with Crippen molar-refractivity contribution < 1.29 is 5.11 Å². The Morgan fingerprint density at radius 1 is 1.20 bits per heavy atom. The molecule has 1 N–H and O–H groups in total. The van der Waals surface area contributed by atoms with Crippen LogP contribution in [0.2, 0.25) is 0 Å². The number of aromatic nitrogens is 3. The molecule has 1 aliphatic carbocycles. The predicted molar refractivity (Wildman–Crippen MR) is 76.9 cm³/mol. The predicted octanol–water partition coefficient (Wildman–Crippen LogP) is 2.75. The van der Waals surface area contributed by atoms with Crippen LogP contribution in [0.3, 0.4) is 0 Å². The van der Waals surface area contributed by atoms with Gasteiger partial charge in [0.1, 0.15) is 5.60 Å². The average Bonchev–Trinajstić information content (AvgIpc) is 3.02. The number of nitrogens with zero attached hydrogens (tertiary/aromatic N) is 3. The second-order valence-corrected chi connectivity index (χ2v) is 5.71. The molecule has 1 fully saturated rings. The van der Waals surface area contributed by atoms with Crippen molar-refractivity contribution in [2.24, 2.45) is 5.92 Å². The highest BCUT2D eigenvalue weighted by atomic mass is 16.3. The number of aliphatic hydroxyl groups is 1. The van der Waals surface area contributed by atoms with Gasteiger partial charge in [-0.2, -0.15) is 0 Å². The van der Waals surface area contributed by atoms with E-state index in [1.165, 1.54) is 19.3 Å².